The Labute approximate surface area is 129 Å². The van der Waals surface area contributed by atoms with Gasteiger partial charge in [0.2, 0.25) is 0 Å². The molecule has 2 rings (SSSR count). The molecule has 1 saturated heterocycles. The van der Waals surface area contributed by atoms with Gasteiger partial charge in [-0.05, 0) is 37.5 Å². The van der Waals surface area contributed by atoms with Crippen LogP contribution in [0.25, 0.3) is 0 Å². The van der Waals surface area contributed by atoms with Crippen LogP contribution in [-0.4, -0.2) is 36.9 Å². The molecule has 0 unspecified atom stereocenters. The number of rotatable bonds is 5. The van der Waals surface area contributed by atoms with Crippen LogP contribution in [0.3, 0.4) is 0 Å². The summed E-state index contributed by atoms with van der Waals surface area (Å²) in [6.45, 7) is 5.36. The van der Waals surface area contributed by atoms with Gasteiger partial charge < -0.3 is 14.7 Å². The highest BCUT2D eigenvalue weighted by Crippen LogP contribution is 2.30. The highest BCUT2D eigenvalue weighted by Gasteiger charge is 2.18. The van der Waals surface area contributed by atoms with E-state index in [1.165, 1.54) is 18.6 Å². The van der Waals surface area contributed by atoms with Crippen LogP contribution in [0.5, 0.6) is 0 Å². The van der Waals surface area contributed by atoms with E-state index < -0.39 is 12.1 Å². The fourth-order valence-electron chi connectivity index (χ4n) is 2.46. The molecule has 0 aromatic heterocycles. The first-order valence-electron chi connectivity index (χ1n) is 7.29. The standard InChI is InChI=1S/C16H20N2O4/c1-2-10-22-16(21)17-13-11-12(15(19)20)6-7-14(13)18-8-4-3-5-9-18/h2,6-7,11H,1,3-5,8-10H2,(H,17,21)(H,19,20). The molecule has 1 aliphatic rings. The third-order valence-corrected chi connectivity index (χ3v) is 3.51. The minimum absolute atomic E-state index is 0.101. The number of nitrogens with zero attached hydrogens (tertiary/aromatic N) is 1. The first kappa shape index (κ1) is 15.9. The maximum absolute atomic E-state index is 11.7. The topological polar surface area (TPSA) is 78.9 Å². The third-order valence-electron chi connectivity index (χ3n) is 3.51. The molecule has 6 nitrogen and oxygen atoms in total. The number of benzene rings is 1. The second-order valence-electron chi connectivity index (χ2n) is 5.10. The van der Waals surface area contributed by atoms with Crippen molar-refractivity contribution in [2.24, 2.45) is 0 Å². The third kappa shape index (κ3) is 4.00. The zero-order chi connectivity index (χ0) is 15.9. The maximum atomic E-state index is 11.7. The zero-order valence-corrected chi connectivity index (χ0v) is 12.4. The van der Waals surface area contributed by atoms with Crippen molar-refractivity contribution < 1.29 is 19.4 Å². The average Bonchev–Trinajstić information content (AvgIpc) is 2.53. The van der Waals surface area contributed by atoms with Crippen molar-refractivity contribution in [1.82, 2.24) is 0 Å². The Bertz CT molecular complexity index is 565. The first-order chi connectivity index (χ1) is 10.6. The van der Waals surface area contributed by atoms with E-state index in [0.717, 1.165) is 31.6 Å². The number of aromatic carboxylic acids is 1. The largest absolute Gasteiger partial charge is 0.478 e. The Morgan fingerprint density at radius 3 is 2.68 bits per heavy atom. The number of hydrogen-bond donors (Lipinski definition) is 2. The number of ether oxygens (including phenoxy) is 1. The summed E-state index contributed by atoms with van der Waals surface area (Å²) in [6.07, 6.45) is 4.20. The van der Waals surface area contributed by atoms with E-state index in [-0.39, 0.29) is 12.2 Å². The predicted octanol–water partition coefficient (Wildman–Crippen LogP) is 3.11. The van der Waals surface area contributed by atoms with E-state index in [1.54, 1.807) is 12.1 Å². The highest BCUT2D eigenvalue weighted by molar-refractivity contribution is 5.95. The van der Waals surface area contributed by atoms with Gasteiger partial charge in [-0.1, -0.05) is 12.7 Å². The monoisotopic (exact) mass is 304 g/mol. The Morgan fingerprint density at radius 1 is 1.32 bits per heavy atom. The van der Waals surface area contributed by atoms with E-state index in [1.807, 2.05) is 0 Å². The van der Waals surface area contributed by atoms with Gasteiger partial charge in [0.15, 0.2) is 0 Å². The number of amides is 1. The number of piperidine rings is 1. The Hall–Kier alpha value is -2.50. The summed E-state index contributed by atoms with van der Waals surface area (Å²) in [6, 6.07) is 4.74. The van der Waals surface area contributed by atoms with E-state index in [0.29, 0.717) is 5.69 Å². The molecule has 118 valence electrons. The van der Waals surface area contributed by atoms with Gasteiger partial charge >= 0.3 is 12.1 Å². The fraction of sp³-hybridized carbons (Fsp3) is 0.375. The van der Waals surface area contributed by atoms with Crippen LogP contribution in [-0.2, 0) is 4.74 Å². The van der Waals surface area contributed by atoms with Crippen molar-refractivity contribution in [3.63, 3.8) is 0 Å². The van der Waals surface area contributed by atoms with Gasteiger partial charge in [-0.3, -0.25) is 5.32 Å². The van der Waals surface area contributed by atoms with Crippen LogP contribution in [0.1, 0.15) is 29.6 Å². The number of carbonyl (C=O) groups excluding carboxylic acids is 1. The van der Waals surface area contributed by atoms with Gasteiger partial charge in [-0.25, -0.2) is 9.59 Å². The second kappa shape index (κ2) is 7.49. The number of anilines is 2. The molecule has 0 atom stereocenters. The Kier molecular flexibility index (Phi) is 5.41. The molecular formula is C16H20N2O4. The minimum atomic E-state index is -1.03. The molecule has 1 aromatic carbocycles. The number of hydrogen-bond acceptors (Lipinski definition) is 4. The van der Waals surface area contributed by atoms with Crippen molar-refractivity contribution in [3.8, 4) is 0 Å². The lowest BCUT2D eigenvalue weighted by Gasteiger charge is -2.30. The van der Waals surface area contributed by atoms with Gasteiger partial charge in [0.05, 0.1) is 16.9 Å². The molecule has 6 heteroatoms. The fourth-order valence-corrected chi connectivity index (χ4v) is 2.46. The van der Waals surface area contributed by atoms with Crippen LogP contribution in [0.15, 0.2) is 30.9 Å². The van der Waals surface area contributed by atoms with Crippen LogP contribution in [0.2, 0.25) is 0 Å². The van der Waals surface area contributed by atoms with Gasteiger partial charge in [-0.15, -0.1) is 0 Å². The summed E-state index contributed by atoms with van der Waals surface area (Å²) < 4.78 is 4.90. The van der Waals surface area contributed by atoms with E-state index in [9.17, 15) is 9.59 Å². The summed E-state index contributed by atoms with van der Waals surface area (Å²) in [4.78, 5) is 25.0. The van der Waals surface area contributed by atoms with Crippen LogP contribution >= 0.6 is 0 Å². The van der Waals surface area contributed by atoms with E-state index in [4.69, 9.17) is 9.84 Å². The lowest BCUT2D eigenvalue weighted by atomic mass is 10.1. The number of nitrogens with one attached hydrogen (secondary N) is 1. The van der Waals surface area contributed by atoms with Crippen LogP contribution < -0.4 is 10.2 Å². The molecule has 0 radical (unpaired) electrons. The molecule has 1 fully saturated rings. The molecule has 1 aliphatic heterocycles. The number of carboxylic acids is 1. The normalized spacial score (nSPS) is 14.3. The Balaban J connectivity index is 2.24. The molecule has 1 heterocycles. The number of carboxylic acid groups (broad SMARTS) is 1. The average molecular weight is 304 g/mol. The predicted molar refractivity (Wildman–Crippen MR) is 84.6 cm³/mol. The molecule has 22 heavy (non-hydrogen) atoms. The smallest absolute Gasteiger partial charge is 0.412 e. The molecule has 0 saturated carbocycles. The summed E-state index contributed by atoms with van der Waals surface area (Å²) >= 11 is 0. The first-order valence-corrected chi connectivity index (χ1v) is 7.29. The zero-order valence-electron chi connectivity index (χ0n) is 12.4. The van der Waals surface area contributed by atoms with Crippen molar-refractivity contribution in [1.29, 1.82) is 0 Å². The summed E-state index contributed by atoms with van der Waals surface area (Å²) in [5.41, 5.74) is 1.40. The van der Waals surface area contributed by atoms with Crippen molar-refractivity contribution >= 4 is 23.4 Å². The molecular weight excluding hydrogens is 284 g/mol. The molecule has 0 aliphatic carbocycles. The van der Waals surface area contributed by atoms with Gasteiger partial charge in [0.25, 0.3) is 0 Å². The molecule has 1 amide bonds. The summed E-state index contributed by atoms with van der Waals surface area (Å²) in [5.74, 6) is -1.03. The van der Waals surface area contributed by atoms with Crippen molar-refractivity contribution in [2.75, 3.05) is 29.9 Å². The van der Waals surface area contributed by atoms with Gasteiger partial charge in [0.1, 0.15) is 6.61 Å². The summed E-state index contributed by atoms with van der Waals surface area (Å²) in [5, 5.41) is 11.7. The van der Waals surface area contributed by atoms with Gasteiger partial charge in [0, 0.05) is 13.1 Å². The van der Waals surface area contributed by atoms with E-state index in [2.05, 4.69) is 16.8 Å². The summed E-state index contributed by atoms with van der Waals surface area (Å²) in [7, 11) is 0. The second-order valence-corrected chi connectivity index (χ2v) is 5.10. The molecule has 1 aromatic rings. The van der Waals surface area contributed by atoms with Crippen LogP contribution in [0, 0.1) is 0 Å². The highest BCUT2D eigenvalue weighted by atomic mass is 16.5. The van der Waals surface area contributed by atoms with Crippen molar-refractivity contribution in [3.05, 3.63) is 36.4 Å². The quantitative estimate of drug-likeness (QED) is 0.817. The maximum Gasteiger partial charge on any atom is 0.412 e. The Morgan fingerprint density at radius 2 is 2.05 bits per heavy atom. The minimum Gasteiger partial charge on any atom is -0.478 e. The van der Waals surface area contributed by atoms with E-state index >= 15 is 0 Å². The molecule has 0 spiro atoms. The SMILES string of the molecule is C=CCOC(=O)Nc1cc(C(=O)O)ccc1N1CCCCC1. The number of carbonyl (C=O) groups is 2. The molecule has 0 bridgehead atoms. The van der Waals surface area contributed by atoms with Gasteiger partial charge in [-0.2, -0.15) is 0 Å². The van der Waals surface area contributed by atoms with Crippen molar-refractivity contribution in [2.45, 2.75) is 19.3 Å². The molecule has 2 N–H and O–H groups in total. The lowest BCUT2D eigenvalue weighted by molar-refractivity contribution is 0.0697. The van der Waals surface area contributed by atoms with Crippen LogP contribution in [0.4, 0.5) is 16.2 Å². The lowest BCUT2D eigenvalue weighted by Crippen LogP contribution is -2.30.